The molecule has 4 nitrogen and oxygen atoms in total. The Morgan fingerprint density at radius 3 is 2.67 bits per heavy atom. The molecule has 0 saturated heterocycles. The predicted octanol–water partition coefficient (Wildman–Crippen LogP) is 3.52. The van der Waals surface area contributed by atoms with Crippen molar-refractivity contribution in [3.8, 4) is 5.75 Å². The van der Waals surface area contributed by atoms with Gasteiger partial charge in [-0.2, -0.15) is 0 Å². The second-order valence-corrected chi connectivity index (χ2v) is 5.94. The Morgan fingerprint density at radius 1 is 1.25 bits per heavy atom. The molecule has 0 saturated carbocycles. The van der Waals surface area contributed by atoms with Crippen LogP contribution in [0.3, 0.4) is 0 Å². The molecule has 0 spiro atoms. The summed E-state index contributed by atoms with van der Waals surface area (Å²) in [6, 6.07) is 10.6. The summed E-state index contributed by atoms with van der Waals surface area (Å²) in [6.45, 7) is 4.69. The van der Waals surface area contributed by atoms with Crippen LogP contribution < -0.4 is 10.1 Å². The zero-order valence-electron chi connectivity index (χ0n) is 14.5. The van der Waals surface area contributed by atoms with E-state index in [1.54, 1.807) is 12.1 Å². The number of benzene rings is 2. The van der Waals surface area contributed by atoms with Gasteiger partial charge in [-0.25, -0.2) is 4.39 Å². The third-order valence-electron chi connectivity index (χ3n) is 3.96. The number of carbonyl (C=O) groups is 1. The summed E-state index contributed by atoms with van der Waals surface area (Å²) in [5.74, 6) is -0.280. The van der Waals surface area contributed by atoms with E-state index in [9.17, 15) is 9.18 Å². The number of nitrogens with zero attached hydrogens (tertiary/aromatic N) is 1. The van der Waals surface area contributed by atoms with E-state index < -0.39 is 5.82 Å². The third kappa shape index (κ3) is 4.55. The largest absolute Gasteiger partial charge is 0.494 e. The van der Waals surface area contributed by atoms with E-state index in [0.29, 0.717) is 6.54 Å². The molecular weight excluding hydrogens is 307 g/mol. The van der Waals surface area contributed by atoms with Crippen molar-refractivity contribution < 1.29 is 13.9 Å². The lowest BCUT2D eigenvalue weighted by Gasteiger charge is -2.17. The highest BCUT2D eigenvalue weighted by atomic mass is 19.1. The Hall–Kier alpha value is -2.40. The molecule has 0 aromatic heterocycles. The zero-order valence-corrected chi connectivity index (χ0v) is 14.5. The average Bonchev–Trinajstić information content (AvgIpc) is 2.52. The lowest BCUT2D eigenvalue weighted by atomic mass is 10.1. The molecular formula is C19H23FN2O2. The van der Waals surface area contributed by atoms with Gasteiger partial charge in [-0.3, -0.25) is 9.69 Å². The van der Waals surface area contributed by atoms with Gasteiger partial charge in [-0.05, 0) is 55.8 Å². The molecule has 24 heavy (non-hydrogen) atoms. The van der Waals surface area contributed by atoms with Gasteiger partial charge in [0.05, 0.1) is 13.7 Å². The Kier molecular flexibility index (Phi) is 5.93. The molecule has 0 aliphatic carbocycles. The fourth-order valence-corrected chi connectivity index (χ4v) is 2.50. The number of anilines is 1. The minimum atomic E-state index is -0.400. The first-order chi connectivity index (χ1) is 11.4. The lowest BCUT2D eigenvalue weighted by molar-refractivity contribution is -0.117. The Bertz CT molecular complexity index is 731. The summed E-state index contributed by atoms with van der Waals surface area (Å²) in [5, 5.41) is 2.92. The molecule has 2 aromatic rings. The van der Waals surface area contributed by atoms with Crippen molar-refractivity contribution in [2.24, 2.45) is 0 Å². The first kappa shape index (κ1) is 17.9. The molecule has 0 radical (unpaired) electrons. The van der Waals surface area contributed by atoms with Gasteiger partial charge in [-0.15, -0.1) is 0 Å². The maximum Gasteiger partial charge on any atom is 0.238 e. The first-order valence-corrected chi connectivity index (χ1v) is 7.77. The van der Waals surface area contributed by atoms with Gasteiger partial charge >= 0.3 is 0 Å². The highest BCUT2D eigenvalue weighted by Gasteiger charge is 2.11. The average molecular weight is 330 g/mol. The summed E-state index contributed by atoms with van der Waals surface area (Å²) >= 11 is 0. The number of methoxy groups -OCH3 is 1. The van der Waals surface area contributed by atoms with Crippen LogP contribution in [0.15, 0.2) is 36.4 Å². The number of ether oxygens (including phenoxy) is 1. The second kappa shape index (κ2) is 7.93. The van der Waals surface area contributed by atoms with E-state index in [1.807, 2.05) is 44.0 Å². The molecule has 1 amide bonds. The number of nitrogens with one attached hydrogen (secondary N) is 1. The summed E-state index contributed by atoms with van der Waals surface area (Å²) in [6.07, 6.45) is 0. The molecule has 2 aromatic carbocycles. The minimum absolute atomic E-state index is 0.0971. The summed E-state index contributed by atoms with van der Waals surface area (Å²) in [5.41, 5.74) is 3.81. The normalized spacial score (nSPS) is 10.8. The Balaban J connectivity index is 1.94. The van der Waals surface area contributed by atoms with Crippen molar-refractivity contribution in [3.05, 3.63) is 58.9 Å². The smallest absolute Gasteiger partial charge is 0.238 e. The number of likely N-dealkylation sites (N-methyl/N-ethyl adjacent to an activating group) is 1. The summed E-state index contributed by atoms with van der Waals surface area (Å²) in [7, 11) is 3.26. The van der Waals surface area contributed by atoms with Crippen molar-refractivity contribution in [2.45, 2.75) is 20.4 Å². The Morgan fingerprint density at radius 2 is 2.00 bits per heavy atom. The van der Waals surface area contributed by atoms with E-state index in [-0.39, 0.29) is 18.2 Å². The summed E-state index contributed by atoms with van der Waals surface area (Å²) < 4.78 is 18.6. The number of amides is 1. The molecule has 128 valence electrons. The fraction of sp³-hybridized carbons (Fsp3) is 0.316. The van der Waals surface area contributed by atoms with Crippen molar-refractivity contribution in [2.75, 3.05) is 26.0 Å². The molecule has 0 atom stereocenters. The van der Waals surface area contributed by atoms with Crippen LogP contribution in [0.1, 0.15) is 16.7 Å². The zero-order chi connectivity index (χ0) is 17.7. The molecule has 2 rings (SSSR count). The van der Waals surface area contributed by atoms with E-state index in [2.05, 4.69) is 5.32 Å². The highest BCUT2D eigenvalue weighted by Crippen LogP contribution is 2.19. The number of halogens is 1. The molecule has 5 heteroatoms. The maximum atomic E-state index is 13.7. The van der Waals surface area contributed by atoms with Gasteiger partial charge in [-0.1, -0.05) is 18.2 Å². The topological polar surface area (TPSA) is 41.6 Å². The monoisotopic (exact) mass is 330 g/mol. The number of aryl methyl sites for hydroxylation is 1. The van der Waals surface area contributed by atoms with Crippen molar-refractivity contribution in [1.82, 2.24) is 4.90 Å². The number of carbonyl (C=O) groups excluding carboxylic acids is 1. The molecule has 0 heterocycles. The van der Waals surface area contributed by atoms with Crippen molar-refractivity contribution >= 4 is 11.6 Å². The van der Waals surface area contributed by atoms with E-state index in [4.69, 9.17) is 4.74 Å². The number of rotatable bonds is 6. The van der Waals surface area contributed by atoms with Gasteiger partial charge in [0.2, 0.25) is 5.91 Å². The van der Waals surface area contributed by atoms with Crippen LogP contribution in [-0.2, 0) is 11.3 Å². The standard InChI is InChI=1S/C19H23FN2O2/c1-13-6-5-7-17(14(13)2)21-19(23)12-22(3)11-15-8-9-18(24-4)16(20)10-15/h5-10H,11-12H2,1-4H3,(H,21,23). The molecule has 1 N–H and O–H groups in total. The van der Waals surface area contributed by atoms with E-state index in [1.165, 1.54) is 13.2 Å². The molecule has 0 aliphatic heterocycles. The van der Waals surface area contributed by atoms with Crippen LogP contribution >= 0.6 is 0 Å². The second-order valence-electron chi connectivity index (χ2n) is 5.94. The first-order valence-electron chi connectivity index (χ1n) is 7.77. The summed E-state index contributed by atoms with van der Waals surface area (Å²) in [4.78, 5) is 14.0. The predicted molar refractivity (Wildman–Crippen MR) is 93.8 cm³/mol. The van der Waals surface area contributed by atoms with Crippen LogP contribution in [-0.4, -0.2) is 31.5 Å². The lowest BCUT2D eigenvalue weighted by Crippen LogP contribution is -2.30. The SMILES string of the molecule is COc1ccc(CN(C)CC(=O)Nc2cccc(C)c2C)cc1F. The van der Waals surface area contributed by atoms with Crippen molar-refractivity contribution in [3.63, 3.8) is 0 Å². The number of hydrogen-bond acceptors (Lipinski definition) is 3. The third-order valence-corrected chi connectivity index (χ3v) is 3.96. The van der Waals surface area contributed by atoms with Crippen molar-refractivity contribution in [1.29, 1.82) is 0 Å². The molecule has 0 aliphatic rings. The maximum absolute atomic E-state index is 13.7. The van der Waals surface area contributed by atoms with Crippen LogP contribution in [0.25, 0.3) is 0 Å². The highest BCUT2D eigenvalue weighted by molar-refractivity contribution is 5.93. The fourth-order valence-electron chi connectivity index (χ4n) is 2.50. The van der Waals surface area contributed by atoms with Gasteiger partial charge < -0.3 is 10.1 Å². The van der Waals surface area contributed by atoms with E-state index in [0.717, 1.165) is 22.4 Å². The van der Waals surface area contributed by atoms with Gasteiger partial charge in [0, 0.05) is 12.2 Å². The van der Waals surface area contributed by atoms with Crippen LogP contribution in [0.5, 0.6) is 5.75 Å². The number of hydrogen-bond donors (Lipinski definition) is 1. The van der Waals surface area contributed by atoms with Crippen LogP contribution in [0, 0.1) is 19.7 Å². The minimum Gasteiger partial charge on any atom is -0.494 e. The molecule has 0 fully saturated rings. The van der Waals surface area contributed by atoms with Gasteiger partial charge in [0.15, 0.2) is 11.6 Å². The Labute approximate surface area is 142 Å². The molecule has 0 unspecified atom stereocenters. The molecule has 0 bridgehead atoms. The van der Waals surface area contributed by atoms with Crippen LogP contribution in [0.4, 0.5) is 10.1 Å². The van der Waals surface area contributed by atoms with E-state index >= 15 is 0 Å². The van der Waals surface area contributed by atoms with Crippen LogP contribution in [0.2, 0.25) is 0 Å². The van der Waals surface area contributed by atoms with Gasteiger partial charge in [0.25, 0.3) is 0 Å². The van der Waals surface area contributed by atoms with Gasteiger partial charge in [0.1, 0.15) is 0 Å². The quantitative estimate of drug-likeness (QED) is 0.881.